The highest BCUT2D eigenvalue weighted by Gasteiger charge is 2.26. The van der Waals surface area contributed by atoms with Crippen molar-refractivity contribution in [3.05, 3.63) is 64.6 Å². The number of halogens is 1. The number of amides is 2. The SMILES string of the molecule is COCCNC(=O)c1ccc2nn(CC3CCN(C(=O)c4ccc(C#N)cc4F)CC3)cc2c1C. The smallest absolute Gasteiger partial charge is 0.256 e. The van der Waals surface area contributed by atoms with E-state index < -0.39 is 5.82 Å². The molecule has 1 aliphatic rings. The molecule has 1 saturated heterocycles. The van der Waals surface area contributed by atoms with Crippen molar-refractivity contribution in [1.82, 2.24) is 20.0 Å². The van der Waals surface area contributed by atoms with E-state index in [9.17, 15) is 14.0 Å². The first-order valence-electron chi connectivity index (χ1n) is 11.6. The number of piperidine rings is 1. The zero-order valence-electron chi connectivity index (χ0n) is 19.9. The molecule has 2 heterocycles. The summed E-state index contributed by atoms with van der Waals surface area (Å²) in [6.45, 7) is 4.61. The van der Waals surface area contributed by atoms with Crippen LogP contribution in [0, 0.1) is 30.0 Å². The highest BCUT2D eigenvalue weighted by molar-refractivity contribution is 6.00. The quantitative estimate of drug-likeness (QED) is 0.527. The maximum atomic E-state index is 14.3. The van der Waals surface area contributed by atoms with Crippen molar-refractivity contribution in [3.63, 3.8) is 0 Å². The van der Waals surface area contributed by atoms with Crippen LogP contribution >= 0.6 is 0 Å². The van der Waals surface area contributed by atoms with E-state index in [1.165, 1.54) is 12.1 Å². The summed E-state index contributed by atoms with van der Waals surface area (Å²) in [5, 5.41) is 17.4. The molecule has 35 heavy (non-hydrogen) atoms. The third-order valence-corrected chi connectivity index (χ3v) is 6.52. The number of carbonyl (C=O) groups is 2. The van der Waals surface area contributed by atoms with Gasteiger partial charge < -0.3 is 15.0 Å². The minimum absolute atomic E-state index is 0.00156. The van der Waals surface area contributed by atoms with Gasteiger partial charge in [0.05, 0.1) is 29.3 Å². The number of hydrogen-bond acceptors (Lipinski definition) is 5. The van der Waals surface area contributed by atoms with Crippen molar-refractivity contribution in [3.8, 4) is 6.07 Å². The van der Waals surface area contributed by atoms with Crippen molar-refractivity contribution in [2.24, 2.45) is 5.92 Å². The van der Waals surface area contributed by atoms with Crippen LogP contribution < -0.4 is 5.32 Å². The maximum Gasteiger partial charge on any atom is 0.256 e. The number of methoxy groups -OCH3 is 1. The zero-order chi connectivity index (χ0) is 24.9. The van der Waals surface area contributed by atoms with Crippen LogP contribution in [0.2, 0.25) is 0 Å². The maximum absolute atomic E-state index is 14.3. The van der Waals surface area contributed by atoms with Gasteiger partial charge in [0.1, 0.15) is 5.82 Å². The highest BCUT2D eigenvalue weighted by Crippen LogP contribution is 2.25. The first-order chi connectivity index (χ1) is 16.9. The van der Waals surface area contributed by atoms with Crippen LogP contribution in [0.4, 0.5) is 4.39 Å². The Kier molecular flexibility index (Phi) is 7.42. The Morgan fingerprint density at radius 1 is 1.23 bits per heavy atom. The lowest BCUT2D eigenvalue weighted by molar-refractivity contribution is 0.0676. The number of ether oxygens (including phenoxy) is 1. The molecule has 182 valence electrons. The second-order valence-corrected chi connectivity index (χ2v) is 8.81. The van der Waals surface area contributed by atoms with Gasteiger partial charge in [0.25, 0.3) is 11.8 Å². The topological polar surface area (TPSA) is 100 Å². The van der Waals surface area contributed by atoms with E-state index in [4.69, 9.17) is 10.00 Å². The lowest BCUT2D eigenvalue weighted by atomic mass is 9.96. The number of nitriles is 1. The van der Waals surface area contributed by atoms with E-state index in [0.717, 1.165) is 35.4 Å². The van der Waals surface area contributed by atoms with E-state index in [1.54, 1.807) is 18.1 Å². The van der Waals surface area contributed by atoms with Crippen molar-refractivity contribution < 1.29 is 18.7 Å². The second-order valence-electron chi connectivity index (χ2n) is 8.81. The highest BCUT2D eigenvalue weighted by atomic mass is 19.1. The number of benzene rings is 2. The molecule has 8 nitrogen and oxygen atoms in total. The van der Waals surface area contributed by atoms with Crippen LogP contribution in [0.15, 0.2) is 36.5 Å². The zero-order valence-corrected chi connectivity index (χ0v) is 19.9. The van der Waals surface area contributed by atoms with Crippen molar-refractivity contribution >= 4 is 22.7 Å². The molecule has 3 aromatic rings. The van der Waals surface area contributed by atoms with Gasteiger partial charge in [-0.15, -0.1) is 0 Å². The Balaban J connectivity index is 1.38. The molecule has 2 aromatic carbocycles. The molecule has 1 aromatic heterocycles. The number of rotatable bonds is 7. The minimum atomic E-state index is -0.665. The Labute approximate surface area is 203 Å². The largest absolute Gasteiger partial charge is 0.383 e. The van der Waals surface area contributed by atoms with Gasteiger partial charge in [-0.2, -0.15) is 10.4 Å². The van der Waals surface area contributed by atoms with Gasteiger partial charge in [0, 0.05) is 50.4 Å². The monoisotopic (exact) mass is 477 g/mol. The van der Waals surface area contributed by atoms with Crippen LogP contribution in [0.1, 0.15) is 44.7 Å². The lowest BCUT2D eigenvalue weighted by Crippen LogP contribution is -2.39. The number of nitrogens with zero attached hydrogens (tertiary/aromatic N) is 4. The minimum Gasteiger partial charge on any atom is -0.383 e. The van der Waals surface area contributed by atoms with Crippen LogP contribution in [-0.4, -0.2) is 59.8 Å². The molecule has 1 fully saturated rings. The van der Waals surface area contributed by atoms with Crippen LogP contribution in [-0.2, 0) is 11.3 Å². The van der Waals surface area contributed by atoms with Crippen LogP contribution in [0.25, 0.3) is 10.9 Å². The average molecular weight is 478 g/mol. The van der Waals surface area contributed by atoms with E-state index in [1.807, 2.05) is 29.9 Å². The second kappa shape index (κ2) is 10.7. The van der Waals surface area contributed by atoms with Gasteiger partial charge >= 0.3 is 0 Å². The number of carbonyl (C=O) groups excluding carboxylic acids is 2. The number of likely N-dealkylation sites (tertiary alicyclic amines) is 1. The Morgan fingerprint density at radius 2 is 1.97 bits per heavy atom. The average Bonchev–Trinajstić information content (AvgIpc) is 3.27. The first-order valence-corrected chi connectivity index (χ1v) is 11.6. The summed E-state index contributed by atoms with van der Waals surface area (Å²) in [6.07, 6.45) is 3.54. The summed E-state index contributed by atoms with van der Waals surface area (Å²) in [7, 11) is 1.59. The Morgan fingerprint density at radius 3 is 2.66 bits per heavy atom. The fraction of sp³-hybridized carbons (Fsp3) is 0.385. The van der Waals surface area contributed by atoms with Crippen LogP contribution in [0.5, 0.6) is 0 Å². The predicted molar refractivity (Wildman–Crippen MR) is 128 cm³/mol. The number of nitrogens with one attached hydrogen (secondary N) is 1. The van der Waals surface area contributed by atoms with Crippen molar-refractivity contribution in [2.75, 3.05) is 33.4 Å². The van der Waals surface area contributed by atoms with Gasteiger partial charge in [-0.25, -0.2) is 4.39 Å². The molecule has 0 unspecified atom stereocenters. The lowest BCUT2D eigenvalue weighted by Gasteiger charge is -2.32. The number of hydrogen-bond donors (Lipinski definition) is 1. The van der Waals surface area contributed by atoms with Gasteiger partial charge in [-0.3, -0.25) is 14.3 Å². The standard InChI is InChI=1S/C26H28FN5O3/c1-17-20(25(33)29-9-12-35-2)5-6-24-22(17)16-32(30-24)15-18-7-10-31(11-8-18)26(34)21-4-3-19(14-28)13-23(21)27/h3-6,13,16,18H,7-12,15H2,1-2H3,(H,29,33). The summed E-state index contributed by atoms with van der Waals surface area (Å²) in [5.74, 6) is -0.815. The van der Waals surface area contributed by atoms with E-state index in [2.05, 4.69) is 10.4 Å². The molecule has 4 rings (SSSR count). The molecule has 0 saturated carbocycles. The number of aryl methyl sites for hydroxylation is 1. The molecular formula is C26H28FN5O3. The molecule has 0 radical (unpaired) electrons. The van der Waals surface area contributed by atoms with Gasteiger partial charge in [0.2, 0.25) is 0 Å². The van der Waals surface area contributed by atoms with E-state index in [0.29, 0.717) is 44.3 Å². The molecule has 0 bridgehead atoms. The summed E-state index contributed by atoms with van der Waals surface area (Å²) in [4.78, 5) is 26.9. The summed E-state index contributed by atoms with van der Waals surface area (Å²) in [5.41, 5.74) is 2.53. The van der Waals surface area contributed by atoms with Gasteiger partial charge in [-0.05, 0) is 61.6 Å². The van der Waals surface area contributed by atoms with Crippen molar-refractivity contribution in [1.29, 1.82) is 5.26 Å². The predicted octanol–water partition coefficient (Wildman–Crippen LogP) is 3.28. The molecule has 2 amide bonds. The Hall–Kier alpha value is -3.77. The number of fused-ring (bicyclic) bond motifs is 1. The fourth-order valence-corrected chi connectivity index (χ4v) is 4.49. The molecule has 0 spiro atoms. The Bertz CT molecular complexity index is 1290. The van der Waals surface area contributed by atoms with E-state index in [-0.39, 0.29) is 22.9 Å². The normalized spacial score (nSPS) is 14.2. The third-order valence-electron chi connectivity index (χ3n) is 6.52. The summed E-state index contributed by atoms with van der Waals surface area (Å²) >= 11 is 0. The van der Waals surface area contributed by atoms with E-state index >= 15 is 0 Å². The van der Waals surface area contributed by atoms with Gasteiger partial charge in [-0.1, -0.05) is 0 Å². The number of aromatic nitrogens is 2. The van der Waals surface area contributed by atoms with Crippen molar-refractivity contribution in [2.45, 2.75) is 26.3 Å². The molecule has 0 atom stereocenters. The fourth-order valence-electron chi connectivity index (χ4n) is 4.49. The molecule has 1 N–H and O–H groups in total. The van der Waals surface area contributed by atoms with Crippen LogP contribution in [0.3, 0.4) is 0 Å². The summed E-state index contributed by atoms with van der Waals surface area (Å²) in [6, 6.07) is 9.47. The third kappa shape index (κ3) is 5.33. The molecule has 0 aliphatic carbocycles. The summed E-state index contributed by atoms with van der Waals surface area (Å²) < 4.78 is 21.1. The molecule has 1 aliphatic heterocycles. The molecule has 9 heteroatoms. The van der Waals surface area contributed by atoms with Gasteiger partial charge in [0.15, 0.2) is 0 Å². The first kappa shape index (κ1) is 24.4. The molecular weight excluding hydrogens is 449 g/mol.